The molecule has 0 aliphatic rings. The Hall–Kier alpha value is -3.26. The largest absolute Gasteiger partial charge is 0.493 e. The molecule has 0 aliphatic carbocycles. The first-order chi connectivity index (χ1) is 15.9. The van der Waals surface area contributed by atoms with E-state index < -0.39 is 11.8 Å². The molecule has 0 fully saturated rings. The summed E-state index contributed by atoms with van der Waals surface area (Å²) in [6, 6.07) is 16.8. The van der Waals surface area contributed by atoms with E-state index in [2.05, 4.69) is 15.8 Å². The molecule has 10 heteroatoms. The monoisotopic (exact) mass is 505 g/mol. The lowest BCUT2D eigenvalue weighted by Gasteiger charge is -2.11. The van der Waals surface area contributed by atoms with Crippen LogP contribution >= 0.6 is 34.8 Å². The Morgan fingerprint density at radius 3 is 2.48 bits per heavy atom. The van der Waals surface area contributed by atoms with Gasteiger partial charge in [-0.05, 0) is 59.7 Å². The number of rotatable bonds is 7. The molecule has 0 bridgehead atoms. The quantitative estimate of drug-likeness (QED) is 0.258. The Kier molecular flexibility index (Phi) is 8.54. The lowest BCUT2D eigenvalue weighted by molar-refractivity contribution is -0.136. The fraction of sp³-hybridized carbons (Fsp3) is 0.0870. The number of amides is 2. The molecule has 0 aliphatic heterocycles. The number of halogens is 3. The molecule has 0 spiro atoms. The van der Waals surface area contributed by atoms with Gasteiger partial charge in [-0.1, -0.05) is 46.9 Å². The molecule has 170 valence electrons. The summed E-state index contributed by atoms with van der Waals surface area (Å²) in [5.74, 6) is -0.840. The highest BCUT2D eigenvalue weighted by molar-refractivity contribution is 6.42. The number of nitrogens with one attached hydrogen (secondary N) is 2. The molecule has 33 heavy (non-hydrogen) atoms. The summed E-state index contributed by atoms with van der Waals surface area (Å²) >= 11 is 17.8. The Balaban J connectivity index is 1.57. The van der Waals surface area contributed by atoms with Gasteiger partial charge in [0.25, 0.3) is 0 Å². The second-order valence-corrected chi connectivity index (χ2v) is 7.86. The minimum Gasteiger partial charge on any atom is -0.493 e. The molecule has 0 saturated heterocycles. The van der Waals surface area contributed by atoms with Crippen molar-refractivity contribution in [2.75, 3.05) is 12.4 Å². The zero-order valence-corrected chi connectivity index (χ0v) is 19.5. The number of methoxy groups -OCH3 is 1. The van der Waals surface area contributed by atoms with Gasteiger partial charge in [0, 0.05) is 10.7 Å². The molecule has 0 atom stereocenters. The molecular weight excluding hydrogens is 489 g/mol. The van der Waals surface area contributed by atoms with Gasteiger partial charge in [0.05, 0.1) is 23.4 Å². The second-order valence-electron chi connectivity index (χ2n) is 6.61. The van der Waals surface area contributed by atoms with Crippen molar-refractivity contribution in [3.63, 3.8) is 0 Å². The number of hydrogen-bond acceptors (Lipinski definition) is 5. The highest BCUT2D eigenvalue weighted by Crippen LogP contribution is 2.29. The molecule has 0 aromatic heterocycles. The first-order valence-corrected chi connectivity index (χ1v) is 10.6. The van der Waals surface area contributed by atoms with Crippen LogP contribution in [0.4, 0.5) is 5.69 Å². The number of anilines is 1. The summed E-state index contributed by atoms with van der Waals surface area (Å²) in [5, 5.41) is 7.58. The third-order valence-electron chi connectivity index (χ3n) is 4.23. The maximum absolute atomic E-state index is 11.9. The van der Waals surface area contributed by atoms with E-state index in [0.717, 1.165) is 5.56 Å². The average molecular weight is 507 g/mol. The van der Waals surface area contributed by atoms with Crippen LogP contribution in [0.3, 0.4) is 0 Å². The van der Waals surface area contributed by atoms with Crippen molar-refractivity contribution in [2.45, 2.75) is 6.61 Å². The van der Waals surface area contributed by atoms with E-state index in [1.54, 1.807) is 48.5 Å². The topological polar surface area (TPSA) is 89.0 Å². The van der Waals surface area contributed by atoms with Gasteiger partial charge in [-0.2, -0.15) is 5.10 Å². The van der Waals surface area contributed by atoms with Crippen LogP contribution in [0.25, 0.3) is 0 Å². The molecular formula is C23H18Cl3N3O4. The fourth-order valence-electron chi connectivity index (χ4n) is 2.64. The van der Waals surface area contributed by atoms with Gasteiger partial charge in [0.15, 0.2) is 11.5 Å². The average Bonchev–Trinajstić information content (AvgIpc) is 2.80. The van der Waals surface area contributed by atoms with Gasteiger partial charge >= 0.3 is 11.8 Å². The first-order valence-electron chi connectivity index (χ1n) is 9.50. The number of carbonyl (C=O) groups is 2. The molecule has 7 nitrogen and oxygen atoms in total. The van der Waals surface area contributed by atoms with Gasteiger partial charge in [0.1, 0.15) is 6.61 Å². The number of benzene rings is 3. The predicted molar refractivity (Wildman–Crippen MR) is 130 cm³/mol. The van der Waals surface area contributed by atoms with Crippen molar-refractivity contribution in [2.24, 2.45) is 5.10 Å². The Bertz CT molecular complexity index is 1200. The molecule has 2 N–H and O–H groups in total. The Morgan fingerprint density at radius 1 is 0.939 bits per heavy atom. The molecule has 0 radical (unpaired) electrons. The molecule has 2 amide bonds. The molecule has 0 unspecified atom stereocenters. The van der Waals surface area contributed by atoms with E-state index in [-0.39, 0.29) is 6.61 Å². The van der Waals surface area contributed by atoms with Crippen molar-refractivity contribution < 1.29 is 19.1 Å². The molecule has 3 rings (SSSR count). The van der Waals surface area contributed by atoms with E-state index >= 15 is 0 Å². The van der Waals surface area contributed by atoms with E-state index in [1.165, 1.54) is 19.4 Å². The summed E-state index contributed by atoms with van der Waals surface area (Å²) in [7, 11) is 1.50. The van der Waals surface area contributed by atoms with Crippen LogP contribution < -0.4 is 20.2 Å². The van der Waals surface area contributed by atoms with Gasteiger partial charge in [0.2, 0.25) is 0 Å². The number of nitrogens with zero attached hydrogens (tertiary/aromatic N) is 1. The van der Waals surface area contributed by atoms with E-state index in [9.17, 15) is 9.59 Å². The van der Waals surface area contributed by atoms with Crippen LogP contribution in [0.2, 0.25) is 15.1 Å². The summed E-state index contributed by atoms with van der Waals surface area (Å²) in [6.45, 7) is 0.262. The highest BCUT2D eigenvalue weighted by atomic mass is 35.5. The summed E-state index contributed by atoms with van der Waals surface area (Å²) < 4.78 is 11.2. The third-order valence-corrected chi connectivity index (χ3v) is 5.21. The Morgan fingerprint density at radius 2 is 1.76 bits per heavy atom. The predicted octanol–water partition coefficient (Wildman–Crippen LogP) is 5.32. The first kappa shape index (κ1) is 24.4. The van der Waals surface area contributed by atoms with Crippen LogP contribution in [0.1, 0.15) is 11.1 Å². The van der Waals surface area contributed by atoms with Crippen LogP contribution in [-0.2, 0) is 16.2 Å². The van der Waals surface area contributed by atoms with Crippen molar-refractivity contribution in [1.82, 2.24) is 5.43 Å². The van der Waals surface area contributed by atoms with Gasteiger partial charge in [-0.25, -0.2) is 5.43 Å². The van der Waals surface area contributed by atoms with Gasteiger partial charge in [-0.15, -0.1) is 0 Å². The van der Waals surface area contributed by atoms with Crippen LogP contribution in [-0.4, -0.2) is 25.1 Å². The van der Waals surface area contributed by atoms with Gasteiger partial charge in [-0.3, -0.25) is 9.59 Å². The number of ether oxygens (including phenoxy) is 2. The van der Waals surface area contributed by atoms with Gasteiger partial charge < -0.3 is 14.8 Å². The molecule has 3 aromatic carbocycles. The molecule has 0 heterocycles. The minimum atomic E-state index is -0.931. The number of hydrogen-bond donors (Lipinski definition) is 2. The van der Waals surface area contributed by atoms with Crippen molar-refractivity contribution in [1.29, 1.82) is 0 Å². The van der Waals surface area contributed by atoms with Crippen molar-refractivity contribution >= 4 is 58.5 Å². The summed E-state index contributed by atoms with van der Waals surface area (Å²) in [6.07, 6.45) is 1.37. The fourth-order valence-corrected chi connectivity index (χ4v) is 3.16. The van der Waals surface area contributed by atoms with Crippen LogP contribution in [0.15, 0.2) is 65.8 Å². The zero-order chi connectivity index (χ0) is 23.8. The van der Waals surface area contributed by atoms with Crippen LogP contribution in [0, 0.1) is 0 Å². The van der Waals surface area contributed by atoms with E-state index in [0.29, 0.717) is 37.8 Å². The summed E-state index contributed by atoms with van der Waals surface area (Å²) in [4.78, 5) is 23.9. The maximum atomic E-state index is 11.9. The van der Waals surface area contributed by atoms with Crippen molar-refractivity contribution in [3.8, 4) is 11.5 Å². The van der Waals surface area contributed by atoms with E-state index in [1.807, 2.05) is 6.07 Å². The Labute approximate surface area is 205 Å². The third kappa shape index (κ3) is 7.12. The van der Waals surface area contributed by atoms with E-state index in [4.69, 9.17) is 44.3 Å². The SMILES string of the molecule is COc1cc(/C=N\NC(=O)C(=O)Nc2cccc(Cl)c2)ccc1OCc1ccc(Cl)c(Cl)c1. The molecule has 0 saturated carbocycles. The molecule has 3 aromatic rings. The maximum Gasteiger partial charge on any atom is 0.329 e. The minimum absolute atomic E-state index is 0.262. The standard InChI is InChI=1S/C23H18Cl3N3O4/c1-32-21-10-14(6-8-20(21)33-13-15-5-7-18(25)19(26)9-15)12-27-29-23(31)22(30)28-17-4-2-3-16(24)11-17/h2-12H,13H2,1H3,(H,28,30)(H,29,31)/b27-12-. The summed E-state index contributed by atoms with van der Waals surface area (Å²) in [5.41, 5.74) is 4.02. The number of carbonyl (C=O) groups excluding carboxylic acids is 2. The van der Waals surface area contributed by atoms with Crippen LogP contribution in [0.5, 0.6) is 11.5 Å². The lowest BCUT2D eigenvalue weighted by Crippen LogP contribution is -2.32. The number of hydrazone groups is 1. The smallest absolute Gasteiger partial charge is 0.329 e. The highest BCUT2D eigenvalue weighted by Gasteiger charge is 2.13. The normalized spacial score (nSPS) is 10.7. The zero-order valence-electron chi connectivity index (χ0n) is 17.3. The van der Waals surface area contributed by atoms with Crippen molar-refractivity contribution in [3.05, 3.63) is 86.9 Å². The lowest BCUT2D eigenvalue weighted by atomic mass is 10.2. The second kappa shape index (κ2) is 11.6.